The van der Waals surface area contributed by atoms with Gasteiger partial charge in [0, 0.05) is 12.3 Å². The van der Waals surface area contributed by atoms with E-state index in [1.165, 1.54) is 26.4 Å². The van der Waals surface area contributed by atoms with Crippen LogP contribution in [0.25, 0.3) is 0 Å². The first-order chi connectivity index (χ1) is 15.1. The zero-order valence-corrected chi connectivity index (χ0v) is 19.1. The fraction of sp³-hybridized carbons (Fsp3) is 0.481. The van der Waals surface area contributed by atoms with Crippen molar-refractivity contribution in [1.29, 1.82) is 0 Å². The summed E-state index contributed by atoms with van der Waals surface area (Å²) in [5, 5.41) is 0. The second kappa shape index (κ2) is 18.2. The predicted molar refractivity (Wildman–Crippen MR) is 127 cm³/mol. The molecule has 0 aliphatic carbocycles. The molecule has 0 amide bonds. The van der Waals surface area contributed by atoms with E-state index < -0.39 is 0 Å². The lowest BCUT2D eigenvalue weighted by Gasteiger charge is -2.08. The number of benzene rings is 1. The van der Waals surface area contributed by atoms with E-state index in [2.05, 4.69) is 41.2 Å². The van der Waals surface area contributed by atoms with E-state index in [-0.39, 0.29) is 17.9 Å². The van der Waals surface area contributed by atoms with Gasteiger partial charge in [-0.25, -0.2) is 4.79 Å². The van der Waals surface area contributed by atoms with Crippen molar-refractivity contribution in [3.8, 4) is 0 Å². The minimum absolute atomic E-state index is 0.106. The van der Waals surface area contributed by atoms with E-state index in [0.29, 0.717) is 18.6 Å². The first-order valence-corrected chi connectivity index (χ1v) is 11.4. The van der Waals surface area contributed by atoms with Gasteiger partial charge in [0.2, 0.25) is 0 Å². The van der Waals surface area contributed by atoms with Crippen LogP contribution in [0.3, 0.4) is 0 Å². The average molecular weight is 427 g/mol. The number of carbonyl (C=O) groups excluding carboxylic acids is 2. The van der Waals surface area contributed by atoms with Crippen molar-refractivity contribution in [2.75, 3.05) is 13.7 Å². The fourth-order valence-electron chi connectivity index (χ4n) is 2.96. The standard InChI is InChI=1S/C27H38O4/c1-24(23-31-27(29)25-20-16-14-17-21-25)19-15-12-10-8-6-4-3-5-7-9-11-13-18-22-26(28)30-2/h3-4,8,10,14-17,19-21,24H,5-7,9,11-13,18,22-23H2,1-2H3/b4-3-,10-8-,19-15-. The third-order valence-electron chi connectivity index (χ3n) is 4.81. The van der Waals surface area contributed by atoms with Gasteiger partial charge in [-0.1, -0.05) is 80.8 Å². The van der Waals surface area contributed by atoms with Crippen LogP contribution in [0.2, 0.25) is 0 Å². The minimum atomic E-state index is -0.272. The molecule has 1 rings (SSSR count). The highest BCUT2D eigenvalue weighted by molar-refractivity contribution is 5.89. The first-order valence-electron chi connectivity index (χ1n) is 11.4. The highest BCUT2D eigenvalue weighted by Gasteiger charge is 2.07. The molecule has 0 saturated heterocycles. The lowest BCUT2D eigenvalue weighted by atomic mass is 10.1. The zero-order chi connectivity index (χ0) is 22.6. The molecule has 0 bridgehead atoms. The summed E-state index contributed by atoms with van der Waals surface area (Å²) < 4.78 is 9.97. The lowest BCUT2D eigenvalue weighted by Crippen LogP contribution is -2.10. The third kappa shape index (κ3) is 14.9. The van der Waals surface area contributed by atoms with Crippen LogP contribution < -0.4 is 0 Å². The number of hydrogen-bond donors (Lipinski definition) is 0. The average Bonchev–Trinajstić information content (AvgIpc) is 2.80. The van der Waals surface area contributed by atoms with Gasteiger partial charge in [0.15, 0.2) is 0 Å². The molecule has 1 aromatic carbocycles. The normalized spacial score (nSPS) is 12.6. The summed E-state index contributed by atoms with van der Waals surface area (Å²) in [5.41, 5.74) is 0.588. The van der Waals surface area contributed by atoms with Gasteiger partial charge >= 0.3 is 11.9 Å². The molecule has 0 saturated carbocycles. The number of methoxy groups -OCH3 is 1. The molecular formula is C27H38O4. The summed E-state index contributed by atoms with van der Waals surface area (Å²) in [5.74, 6) is -0.183. The molecule has 4 heteroatoms. The number of carbonyl (C=O) groups is 2. The molecule has 0 fully saturated rings. The van der Waals surface area contributed by atoms with Gasteiger partial charge in [-0.05, 0) is 44.2 Å². The molecule has 0 aromatic heterocycles. The Morgan fingerprint density at radius 1 is 0.871 bits per heavy atom. The van der Waals surface area contributed by atoms with Crippen LogP contribution in [-0.4, -0.2) is 25.7 Å². The van der Waals surface area contributed by atoms with Crippen LogP contribution in [0.4, 0.5) is 0 Å². The molecule has 0 spiro atoms. The summed E-state index contributed by atoms with van der Waals surface area (Å²) in [6.07, 6.45) is 22.1. The number of unbranched alkanes of at least 4 members (excludes halogenated alkanes) is 5. The molecule has 0 aliphatic heterocycles. The summed E-state index contributed by atoms with van der Waals surface area (Å²) in [7, 11) is 1.44. The van der Waals surface area contributed by atoms with Crippen LogP contribution >= 0.6 is 0 Å². The second-order valence-electron chi connectivity index (χ2n) is 7.67. The van der Waals surface area contributed by atoms with Crippen LogP contribution in [0, 0.1) is 5.92 Å². The fourth-order valence-corrected chi connectivity index (χ4v) is 2.96. The summed E-state index contributed by atoms with van der Waals surface area (Å²) >= 11 is 0. The van der Waals surface area contributed by atoms with Gasteiger partial charge in [-0.2, -0.15) is 0 Å². The van der Waals surface area contributed by atoms with Gasteiger partial charge < -0.3 is 9.47 Å². The third-order valence-corrected chi connectivity index (χ3v) is 4.81. The predicted octanol–water partition coefficient (Wildman–Crippen LogP) is 6.83. The van der Waals surface area contributed by atoms with Gasteiger partial charge in [-0.15, -0.1) is 0 Å². The molecule has 170 valence electrons. The molecule has 1 atom stereocenters. The Bertz CT molecular complexity index is 688. The topological polar surface area (TPSA) is 52.6 Å². The first kappa shape index (κ1) is 26.4. The summed E-state index contributed by atoms with van der Waals surface area (Å²) in [6, 6.07) is 9.07. The van der Waals surface area contributed by atoms with Crippen LogP contribution in [-0.2, 0) is 14.3 Å². The maximum absolute atomic E-state index is 11.9. The molecule has 0 heterocycles. The van der Waals surface area contributed by atoms with Gasteiger partial charge in [0.25, 0.3) is 0 Å². The molecule has 0 aliphatic rings. The van der Waals surface area contributed by atoms with Gasteiger partial charge in [0.05, 0.1) is 19.3 Å². The van der Waals surface area contributed by atoms with E-state index >= 15 is 0 Å². The van der Waals surface area contributed by atoms with Gasteiger partial charge in [-0.3, -0.25) is 4.79 Å². The smallest absolute Gasteiger partial charge is 0.338 e. The number of rotatable bonds is 16. The van der Waals surface area contributed by atoms with Crippen LogP contribution in [0.1, 0.15) is 75.1 Å². The minimum Gasteiger partial charge on any atom is -0.469 e. The number of allylic oxidation sites excluding steroid dienone is 5. The summed E-state index contributed by atoms with van der Waals surface area (Å²) in [4.78, 5) is 22.9. The maximum Gasteiger partial charge on any atom is 0.338 e. The maximum atomic E-state index is 11.9. The van der Waals surface area contributed by atoms with E-state index in [4.69, 9.17) is 4.74 Å². The molecular weight excluding hydrogens is 388 g/mol. The Hall–Kier alpha value is -2.62. The molecule has 0 radical (unpaired) electrons. The Morgan fingerprint density at radius 2 is 1.52 bits per heavy atom. The molecule has 1 unspecified atom stereocenters. The van der Waals surface area contributed by atoms with E-state index in [1.807, 2.05) is 25.1 Å². The van der Waals surface area contributed by atoms with Crippen molar-refractivity contribution in [3.63, 3.8) is 0 Å². The van der Waals surface area contributed by atoms with Crippen LogP contribution in [0.5, 0.6) is 0 Å². The lowest BCUT2D eigenvalue weighted by molar-refractivity contribution is -0.140. The Labute approximate surface area is 188 Å². The second-order valence-corrected chi connectivity index (χ2v) is 7.67. The van der Waals surface area contributed by atoms with E-state index in [9.17, 15) is 9.59 Å². The monoisotopic (exact) mass is 426 g/mol. The van der Waals surface area contributed by atoms with Gasteiger partial charge in [0.1, 0.15) is 0 Å². The van der Waals surface area contributed by atoms with Crippen molar-refractivity contribution in [3.05, 3.63) is 72.4 Å². The number of hydrogen-bond acceptors (Lipinski definition) is 4. The van der Waals surface area contributed by atoms with Crippen molar-refractivity contribution in [2.24, 2.45) is 5.92 Å². The molecule has 1 aromatic rings. The Kier molecular flexibility index (Phi) is 15.5. The quantitative estimate of drug-likeness (QED) is 0.165. The highest BCUT2D eigenvalue weighted by atomic mass is 16.5. The zero-order valence-electron chi connectivity index (χ0n) is 19.1. The SMILES string of the molecule is COC(=O)CCCCCCC/C=C\C/C=C\C/C=C\C(C)COC(=O)c1ccccc1. The van der Waals surface area contributed by atoms with E-state index in [0.717, 1.165) is 32.1 Å². The highest BCUT2D eigenvalue weighted by Crippen LogP contribution is 2.08. The van der Waals surface area contributed by atoms with Crippen molar-refractivity contribution in [2.45, 2.75) is 64.7 Å². The Balaban J connectivity index is 1.98. The van der Waals surface area contributed by atoms with Crippen molar-refractivity contribution in [1.82, 2.24) is 0 Å². The number of ether oxygens (including phenoxy) is 2. The largest absolute Gasteiger partial charge is 0.469 e. The van der Waals surface area contributed by atoms with Crippen molar-refractivity contribution >= 4 is 11.9 Å². The van der Waals surface area contributed by atoms with Crippen LogP contribution in [0.15, 0.2) is 66.8 Å². The summed E-state index contributed by atoms with van der Waals surface area (Å²) in [6.45, 7) is 2.43. The van der Waals surface area contributed by atoms with Crippen molar-refractivity contribution < 1.29 is 19.1 Å². The Morgan fingerprint density at radius 3 is 2.26 bits per heavy atom. The molecule has 31 heavy (non-hydrogen) atoms. The molecule has 0 N–H and O–H groups in total. The number of esters is 2. The van der Waals surface area contributed by atoms with E-state index in [1.54, 1.807) is 12.1 Å². The molecule has 4 nitrogen and oxygen atoms in total.